The lowest BCUT2D eigenvalue weighted by molar-refractivity contribution is -0.130. The van der Waals surface area contributed by atoms with Gasteiger partial charge in [0.05, 0.1) is 6.54 Å². The Morgan fingerprint density at radius 3 is 2.25 bits per heavy atom. The van der Waals surface area contributed by atoms with Crippen molar-refractivity contribution < 1.29 is 9.59 Å². The highest BCUT2D eigenvalue weighted by Gasteiger charge is 2.18. The molecule has 0 spiro atoms. The van der Waals surface area contributed by atoms with Gasteiger partial charge in [-0.25, -0.2) is 0 Å². The molecule has 0 unspecified atom stereocenters. The third kappa shape index (κ3) is 3.81. The smallest absolute Gasteiger partial charge is 0.241 e. The molecule has 1 fully saturated rings. The lowest BCUT2D eigenvalue weighted by atomic mass is 10.1. The monoisotopic (exact) mass is 275 g/mol. The molecule has 1 aromatic carbocycles. The Morgan fingerprint density at radius 1 is 1.10 bits per heavy atom. The molecule has 2 rings (SSSR count). The van der Waals surface area contributed by atoms with Crippen LogP contribution in [0.3, 0.4) is 0 Å². The van der Waals surface area contributed by atoms with E-state index in [-0.39, 0.29) is 11.7 Å². The molecule has 20 heavy (non-hydrogen) atoms. The number of carbonyl (C=O) groups is 2. The van der Waals surface area contributed by atoms with Gasteiger partial charge in [0.25, 0.3) is 0 Å². The minimum Gasteiger partial charge on any atom is -0.376 e. The summed E-state index contributed by atoms with van der Waals surface area (Å²) in [6.07, 6.45) is 0. The minimum absolute atomic E-state index is 0.0464. The highest BCUT2D eigenvalue weighted by molar-refractivity contribution is 5.94. The van der Waals surface area contributed by atoms with Crippen LogP contribution in [-0.4, -0.2) is 61.3 Å². The fraction of sp³-hybridized carbons (Fsp3) is 0.467. The van der Waals surface area contributed by atoms with E-state index in [4.69, 9.17) is 0 Å². The molecule has 1 aliphatic rings. The summed E-state index contributed by atoms with van der Waals surface area (Å²) in [6.45, 7) is 5.28. The zero-order valence-electron chi connectivity index (χ0n) is 12.1. The summed E-state index contributed by atoms with van der Waals surface area (Å²) >= 11 is 0. The third-order valence-corrected chi connectivity index (χ3v) is 3.59. The predicted molar refractivity (Wildman–Crippen MR) is 79.0 cm³/mol. The van der Waals surface area contributed by atoms with Crippen molar-refractivity contribution >= 4 is 17.4 Å². The Morgan fingerprint density at radius 2 is 1.70 bits per heavy atom. The van der Waals surface area contributed by atoms with Crippen molar-refractivity contribution in [1.82, 2.24) is 9.80 Å². The molecule has 1 aromatic rings. The molecular formula is C15H21N3O2. The highest BCUT2D eigenvalue weighted by Crippen LogP contribution is 2.10. The van der Waals surface area contributed by atoms with Gasteiger partial charge in [0.15, 0.2) is 5.78 Å². The van der Waals surface area contributed by atoms with Gasteiger partial charge in [0, 0.05) is 37.4 Å². The Bertz CT molecular complexity index is 476. The van der Waals surface area contributed by atoms with Crippen LogP contribution in [0.5, 0.6) is 0 Å². The van der Waals surface area contributed by atoms with E-state index in [0.717, 1.165) is 31.9 Å². The van der Waals surface area contributed by atoms with Gasteiger partial charge in [0.2, 0.25) is 5.91 Å². The Balaban J connectivity index is 1.82. The molecule has 0 saturated carbocycles. The van der Waals surface area contributed by atoms with E-state index in [9.17, 15) is 9.59 Å². The van der Waals surface area contributed by atoms with Gasteiger partial charge in [-0.05, 0) is 38.2 Å². The maximum absolute atomic E-state index is 12.0. The molecule has 108 valence electrons. The number of amides is 1. The Labute approximate surface area is 119 Å². The molecule has 0 aromatic heterocycles. The SMILES string of the molecule is CC(=O)c1ccc(NCC(=O)N2CCN(C)CC2)cc1. The van der Waals surface area contributed by atoms with Crippen molar-refractivity contribution in [2.24, 2.45) is 0 Å². The quantitative estimate of drug-likeness (QED) is 0.835. The summed E-state index contributed by atoms with van der Waals surface area (Å²) in [5.74, 6) is 0.166. The van der Waals surface area contributed by atoms with Gasteiger partial charge in [-0.15, -0.1) is 0 Å². The summed E-state index contributed by atoms with van der Waals surface area (Å²) in [4.78, 5) is 27.3. The van der Waals surface area contributed by atoms with Crippen LogP contribution in [-0.2, 0) is 4.79 Å². The zero-order chi connectivity index (χ0) is 14.5. The summed E-state index contributed by atoms with van der Waals surface area (Å²) < 4.78 is 0. The number of hydrogen-bond acceptors (Lipinski definition) is 4. The fourth-order valence-corrected chi connectivity index (χ4v) is 2.17. The van der Waals surface area contributed by atoms with Gasteiger partial charge in [-0.1, -0.05) is 0 Å². The topological polar surface area (TPSA) is 52.7 Å². The van der Waals surface area contributed by atoms with Crippen molar-refractivity contribution in [3.63, 3.8) is 0 Å². The molecule has 1 N–H and O–H groups in total. The first-order chi connectivity index (χ1) is 9.56. The number of piperazine rings is 1. The second-order valence-corrected chi connectivity index (χ2v) is 5.17. The van der Waals surface area contributed by atoms with Crippen LogP contribution in [0.4, 0.5) is 5.69 Å². The normalized spacial score (nSPS) is 16.0. The van der Waals surface area contributed by atoms with Crippen LogP contribution in [0.2, 0.25) is 0 Å². The van der Waals surface area contributed by atoms with Crippen LogP contribution >= 0.6 is 0 Å². The minimum atomic E-state index is 0.0464. The predicted octanol–water partition coefficient (Wildman–Crippen LogP) is 1.08. The third-order valence-electron chi connectivity index (χ3n) is 3.59. The maximum Gasteiger partial charge on any atom is 0.241 e. The molecular weight excluding hydrogens is 254 g/mol. The molecule has 0 radical (unpaired) electrons. The zero-order valence-corrected chi connectivity index (χ0v) is 12.1. The maximum atomic E-state index is 12.0. The average Bonchev–Trinajstić information content (AvgIpc) is 2.46. The van der Waals surface area contributed by atoms with Crippen LogP contribution in [0.1, 0.15) is 17.3 Å². The number of Topliss-reactive ketones (excluding diaryl/α,β-unsaturated/α-hetero) is 1. The Kier molecular flexibility index (Phi) is 4.74. The summed E-state index contributed by atoms with van der Waals surface area (Å²) in [6, 6.07) is 7.19. The first-order valence-electron chi connectivity index (χ1n) is 6.87. The molecule has 5 nitrogen and oxygen atoms in total. The number of nitrogens with one attached hydrogen (secondary N) is 1. The first kappa shape index (κ1) is 14.5. The van der Waals surface area contributed by atoms with Gasteiger partial charge >= 0.3 is 0 Å². The molecule has 0 atom stereocenters. The molecule has 1 amide bonds. The highest BCUT2D eigenvalue weighted by atomic mass is 16.2. The lowest BCUT2D eigenvalue weighted by Gasteiger charge is -2.32. The average molecular weight is 275 g/mol. The summed E-state index contributed by atoms with van der Waals surface area (Å²) in [5, 5.41) is 3.10. The van der Waals surface area contributed by atoms with Crippen molar-refractivity contribution in [3.05, 3.63) is 29.8 Å². The number of anilines is 1. The number of likely N-dealkylation sites (N-methyl/N-ethyl adjacent to an activating group) is 1. The number of nitrogens with zero attached hydrogens (tertiary/aromatic N) is 2. The van der Waals surface area contributed by atoms with Gasteiger partial charge < -0.3 is 15.1 Å². The Hall–Kier alpha value is -1.88. The fourth-order valence-electron chi connectivity index (χ4n) is 2.17. The van der Waals surface area contributed by atoms with E-state index < -0.39 is 0 Å². The molecule has 1 saturated heterocycles. The van der Waals surface area contributed by atoms with E-state index in [0.29, 0.717) is 12.1 Å². The summed E-state index contributed by atoms with van der Waals surface area (Å²) in [7, 11) is 2.07. The van der Waals surface area contributed by atoms with E-state index >= 15 is 0 Å². The molecule has 0 aliphatic carbocycles. The molecule has 1 heterocycles. The molecule has 0 bridgehead atoms. The number of rotatable bonds is 4. The van der Waals surface area contributed by atoms with Crippen LogP contribution in [0.15, 0.2) is 24.3 Å². The van der Waals surface area contributed by atoms with E-state index in [1.54, 1.807) is 19.1 Å². The number of hydrogen-bond donors (Lipinski definition) is 1. The second-order valence-electron chi connectivity index (χ2n) is 5.17. The van der Waals surface area contributed by atoms with Crippen LogP contribution < -0.4 is 5.32 Å². The van der Waals surface area contributed by atoms with Crippen molar-refractivity contribution in [3.8, 4) is 0 Å². The van der Waals surface area contributed by atoms with E-state index in [1.165, 1.54) is 0 Å². The molecule has 5 heteroatoms. The van der Waals surface area contributed by atoms with Crippen LogP contribution in [0, 0.1) is 0 Å². The van der Waals surface area contributed by atoms with Crippen molar-refractivity contribution in [2.45, 2.75) is 6.92 Å². The standard InChI is InChI=1S/C15H21N3O2/c1-12(19)13-3-5-14(6-4-13)16-11-15(20)18-9-7-17(2)8-10-18/h3-6,16H,7-11H2,1-2H3. The number of ketones is 1. The van der Waals surface area contributed by atoms with Crippen molar-refractivity contribution in [1.29, 1.82) is 0 Å². The van der Waals surface area contributed by atoms with Gasteiger partial charge in [0.1, 0.15) is 0 Å². The van der Waals surface area contributed by atoms with Crippen LogP contribution in [0.25, 0.3) is 0 Å². The van der Waals surface area contributed by atoms with E-state index in [1.807, 2.05) is 17.0 Å². The second kappa shape index (κ2) is 6.52. The van der Waals surface area contributed by atoms with E-state index in [2.05, 4.69) is 17.3 Å². The largest absolute Gasteiger partial charge is 0.376 e. The van der Waals surface area contributed by atoms with Crippen molar-refractivity contribution in [2.75, 3.05) is 45.1 Å². The summed E-state index contributed by atoms with van der Waals surface area (Å²) in [5.41, 5.74) is 1.54. The number of carbonyl (C=O) groups excluding carboxylic acids is 2. The van der Waals surface area contributed by atoms with Gasteiger partial charge in [-0.2, -0.15) is 0 Å². The van der Waals surface area contributed by atoms with Gasteiger partial charge in [-0.3, -0.25) is 9.59 Å². The number of benzene rings is 1. The first-order valence-corrected chi connectivity index (χ1v) is 6.87. The lowest BCUT2D eigenvalue weighted by Crippen LogP contribution is -2.48. The molecule has 1 aliphatic heterocycles.